The van der Waals surface area contributed by atoms with Crippen LogP contribution in [0.2, 0.25) is 0 Å². The first-order chi connectivity index (χ1) is 5.00. The van der Waals surface area contributed by atoms with Crippen LogP contribution in [0, 0.1) is 5.92 Å². The van der Waals surface area contributed by atoms with Crippen LogP contribution in [0.5, 0.6) is 0 Å². The molecule has 4 atom stereocenters. The lowest BCUT2D eigenvalue weighted by Crippen LogP contribution is -2.35. The van der Waals surface area contributed by atoms with Crippen molar-refractivity contribution in [1.82, 2.24) is 0 Å². The van der Waals surface area contributed by atoms with Gasteiger partial charge in [0.05, 0.1) is 6.10 Å². The maximum atomic E-state index is 13.5. The maximum Gasteiger partial charge on any atom is 0.189 e. The molecule has 0 radical (unpaired) electrons. The topological polar surface area (TPSA) is 29.5 Å². The molecular weight excluding hydrogens is 147 g/mol. The maximum absolute atomic E-state index is 13.5. The van der Waals surface area contributed by atoms with Crippen LogP contribution in [0.25, 0.3) is 0 Å². The second kappa shape index (κ2) is 2.72. The van der Waals surface area contributed by atoms with Crippen LogP contribution in [0.1, 0.15) is 27.2 Å². The Hall–Kier alpha value is -0.150. The molecule has 0 aromatic heterocycles. The van der Waals surface area contributed by atoms with Gasteiger partial charge in [0.15, 0.2) is 12.0 Å². The van der Waals surface area contributed by atoms with Crippen molar-refractivity contribution >= 4 is 0 Å². The van der Waals surface area contributed by atoms with E-state index in [-0.39, 0.29) is 12.0 Å². The second-order valence-electron chi connectivity index (χ2n) is 3.38. The molecule has 1 heterocycles. The Morgan fingerprint density at radius 1 is 1.64 bits per heavy atom. The van der Waals surface area contributed by atoms with Crippen LogP contribution in [0.3, 0.4) is 0 Å². The number of rotatable bonds is 1. The average Bonchev–Trinajstić information content (AvgIpc) is 2.14. The highest BCUT2D eigenvalue weighted by Crippen LogP contribution is 2.38. The fraction of sp³-hybridized carbons (Fsp3) is 1.00. The summed E-state index contributed by atoms with van der Waals surface area (Å²) in [5.74, 6) is -0.220. The van der Waals surface area contributed by atoms with Gasteiger partial charge in [0.2, 0.25) is 0 Å². The number of aliphatic hydroxyl groups excluding tert-OH is 1. The summed E-state index contributed by atoms with van der Waals surface area (Å²) >= 11 is 0. The van der Waals surface area contributed by atoms with Crippen molar-refractivity contribution < 1.29 is 14.2 Å². The number of hydrogen-bond donors (Lipinski definition) is 1. The molecule has 0 amide bonds. The number of alkyl halides is 1. The molecule has 0 spiro atoms. The van der Waals surface area contributed by atoms with Gasteiger partial charge in [-0.05, 0) is 13.3 Å². The van der Waals surface area contributed by atoms with E-state index in [2.05, 4.69) is 0 Å². The molecule has 1 rings (SSSR count). The van der Waals surface area contributed by atoms with E-state index < -0.39 is 12.0 Å². The lowest BCUT2D eigenvalue weighted by Gasteiger charge is -2.20. The van der Waals surface area contributed by atoms with Crippen LogP contribution in [-0.4, -0.2) is 23.2 Å². The predicted octanol–water partition coefficient (Wildman–Crippen LogP) is 1.48. The summed E-state index contributed by atoms with van der Waals surface area (Å²) in [5, 5.41) is 9.13. The van der Waals surface area contributed by atoms with Crippen LogP contribution in [-0.2, 0) is 4.74 Å². The van der Waals surface area contributed by atoms with Crippen molar-refractivity contribution in [3.05, 3.63) is 0 Å². The minimum Gasteiger partial charge on any atom is -0.365 e. The van der Waals surface area contributed by atoms with Gasteiger partial charge in [0, 0.05) is 5.92 Å². The summed E-state index contributed by atoms with van der Waals surface area (Å²) in [6, 6.07) is 0. The van der Waals surface area contributed by atoms with Crippen molar-refractivity contribution in [3.63, 3.8) is 0 Å². The van der Waals surface area contributed by atoms with Gasteiger partial charge in [0.25, 0.3) is 0 Å². The smallest absolute Gasteiger partial charge is 0.189 e. The Morgan fingerprint density at radius 3 is 2.36 bits per heavy atom. The summed E-state index contributed by atoms with van der Waals surface area (Å²) in [6.45, 7) is 5.08. The molecule has 3 heteroatoms. The summed E-state index contributed by atoms with van der Waals surface area (Å²) in [4.78, 5) is 0. The minimum absolute atomic E-state index is 0.139. The second-order valence-corrected chi connectivity index (χ2v) is 3.38. The fourth-order valence-electron chi connectivity index (χ4n) is 1.45. The standard InChI is InChI=1S/C8H15FO2/c1-4-6-5(2)8(3,9)7(10)11-6/h5-7,10H,4H2,1-3H3. The molecular formula is C8H15FO2. The Bertz CT molecular complexity index is 147. The highest BCUT2D eigenvalue weighted by atomic mass is 19.1. The van der Waals surface area contributed by atoms with Crippen molar-refractivity contribution in [3.8, 4) is 0 Å². The molecule has 1 aliphatic rings. The number of aliphatic hydroxyl groups is 1. The highest BCUT2D eigenvalue weighted by molar-refractivity contribution is 4.93. The molecule has 1 aliphatic heterocycles. The van der Waals surface area contributed by atoms with E-state index in [1.807, 2.05) is 6.92 Å². The van der Waals surface area contributed by atoms with Crippen LogP contribution in [0.15, 0.2) is 0 Å². The zero-order valence-electron chi connectivity index (χ0n) is 7.17. The summed E-state index contributed by atoms with van der Waals surface area (Å²) in [7, 11) is 0. The van der Waals surface area contributed by atoms with E-state index in [9.17, 15) is 4.39 Å². The third kappa shape index (κ3) is 1.27. The normalized spacial score (nSPS) is 51.5. The highest BCUT2D eigenvalue weighted by Gasteiger charge is 2.50. The first-order valence-electron chi connectivity index (χ1n) is 4.02. The van der Waals surface area contributed by atoms with Gasteiger partial charge >= 0.3 is 0 Å². The molecule has 1 fully saturated rings. The Kier molecular flexibility index (Phi) is 2.21. The molecule has 1 saturated heterocycles. The SMILES string of the molecule is CCC1OC(O)C(C)(F)C1C. The van der Waals surface area contributed by atoms with E-state index in [1.165, 1.54) is 6.92 Å². The molecule has 0 aromatic carbocycles. The third-order valence-corrected chi connectivity index (χ3v) is 2.64. The van der Waals surface area contributed by atoms with Crippen LogP contribution in [0.4, 0.5) is 4.39 Å². The molecule has 2 nitrogen and oxygen atoms in total. The van der Waals surface area contributed by atoms with E-state index >= 15 is 0 Å². The van der Waals surface area contributed by atoms with Gasteiger partial charge in [-0.25, -0.2) is 4.39 Å². The zero-order valence-corrected chi connectivity index (χ0v) is 7.17. The first kappa shape index (κ1) is 8.94. The van der Waals surface area contributed by atoms with E-state index in [4.69, 9.17) is 9.84 Å². The monoisotopic (exact) mass is 162 g/mol. The minimum atomic E-state index is -1.58. The van der Waals surface area contributed by atoms with Crippen LogP contribution < -0.4 is 0 Å². The molecule has 66 valence electrons. The Labute approximate surface area is 66.4 Å². The fourth-order valence-corrected chi connectivity index (χ4v) is 1.45. The van der Waals surface area contributed by atoms with Gasteiger partial charge in [-0.2, -0.15) is 0 Å². The van der Waals surface area contributed by atoms with Gasteiger partial charge in [-0.1, -0.05) is 13.8 Å². The molecule has 0 aliphatic carbocycles. The van der Waals surface area contributed by atoms with E-state index in [0.717, 1.165) is 6.42 Å². The lowest BCUT2D eigenvalue weighted by atomic mass is 9.89. The van der Waals surface area contributed by atoms with Gasteiger partial charge in [0.1, 0.15) is 0 Å². The predicted molar refractivity (Wildman–Crippen MR) is 39.8 cm³/mol. The van der Waals surface area contributed by atoms with Gasteiger partial charge in [-0.15, -0.1) is 0 Å². The summed E-state index contributed by atoms with van der Waals surface area (Å²) < 4.78 is 18.5. The van der Waals surface area contributed by atoms with Crippen molar-refractivity contribution in [1.29, 1.82) is 0 Å². The van der Waals surface area contributed by atoms with Crippen LogP contribution >= 0.6 is 0 Å². The van der Waals surface area contributed by atoms with Gasteiger partial charge < -0.3 is 9.84 Å². The number of hydrogen-bond acceptors (Lipinski definition) is 2. The largest absolute Gasteiger partial charge is 0.365 e. The third-order valence-electron chi connectivity index (χ3n) is 2.64. The molecule has 0 saturated carbocycles. The molecule has 11 heavy (non-hydrogen) atoms. The van der Waals surface area contributed by atoms with Gasteiger partial charge in [-0.3, -0.25) is 0 Å². The Morgan fingerprint density at radius 2 is 2.18 bits per heavy atom. The van der Waals surface area contributed by atoms with Crippen molar-refractivity contribution in [2.24, 2.45) is 5.92 Å². The molecule has 4 unspecified atom stereocenters. The lowest BCUT2D eigenvalue weighted by molar-refractivity contribution is -0.138. The summed E-state index contributed by atoms with van der Waals surface area (Å²) in [5.41, 5.74) is -1.58. The first-order valence-corrected chi connectivity index (χ1v) is 4.02. The van der Waals surface area contributed by atoms with E-state index in [1.54, 1.807) is 6.92 Å². The molecule has 0 bridgehead atoms. The zero-order chi connectivity index (χ0) is 8.65. The van der Waals surface area contributed by atoms with Crippen molar-refractivity contribution in [2.75, 3.05) is 0 Å². The van der Waals surface area contributed by atoms with E-state index in [0.29, 0.717) is 0 Å². The summed E-state index contributed by atoms with van der Waals surface area (Å²) in [6.07, 6.45) is -0.639. The number of halogens is 1. The number of ether oxygens (including phenoxy) is 1. The molecule has 1 N–H and O–H groups in total. The Balaban J connectivity index is 2.71. The molecule has 0 aromatic rings. The average molecular weight is 162 g/mol. The quantitative estimate of drug-likeness (QED) is 0.632. The van der Waals surface area contributed by atoms with Crippen molar-refractivity contribution in [2.45, 2.75) is 45.3 Å².